The van der Waals surface area contributed by atoms with Gasteiger partial charge >= 0.3 is 0 Å². The molecule has 0 amide bonds. The van der Waals surface area contributed by atoms with Crippen LogP contribution in [0.2, 0.25) is 0 Å². The van der Waals surface area contributed by atoms with Crippen LogP contribution in [0, 0.1) is 10.8 Å². The summed E-state index contributed by atoms with van der Waals surface area (Å²) in [7, 11) is 0. The normalized spacial score (nSPS) is 15.5. The maximum Gasteiger partial charge on any atom is 0.0527 e. The van der Waals surface area contributed by atoms with Crippen molar-refractivity contribution in [3.05, 3.63) is 23.8 Å². The van der Waals surface area contributed by atoms with Gasteiger partial charge in [0.1, 0.15) is 0 Å². The lowest BCUT2D eigenvalue weighted by Gasteiger charge is -2.14. The van der Waals surface area contributed by atoms with E-state index in [0.29, 0.717) is 0 Å². The van der Waals surface area contributed by atoms with E-state index in [0.717, 1.165) is 5.71 Å². The van der Waals surface area contributed by atoms with Crippen LogP contribution in [0.1, 0.15) is 96.9 Å². The van der Waals surface area contributed by atoms with E-state index in [2.05, 4.69) is 118 Å². The third-order valence-electron chi connectivity index (χ3n) is 2.65. The van der Waals surface area contributed by atoms with E-state index in [-0.39, 0.29) is 21.9 Å². The quantitative estimate of drug-likeness (QED) is 0.450. The first kappa shape index (κ1) is 27.0. The first-order valence-corrected chi connectivity index (χ1v) is 9.71. The second-order valence-corrected chi connectivity index (χ2v) is 11.3. The molecule has 0 aromatic rings. The Hall–Kier alpha value is -1.18. The van der Waals surface area contributed by atoms with Crippen LogP contribution in [0.4, 0.5) is 0 Å². The van der Waals surface area contributed by atoms with Crippen LogP contribution in [0.3, 0.4) is 0 Å². The summed E-state index contributed by atoms with van der Waals surface area (Å²) in [4.78, 5) is 8.99. The third kappa shape index (κ3) is 25.1. The van der Waals surface area contributed by atoms with Crippen molar-refractivity contribution in [3.63, 3.8) is 0 Å². The summed E-state index contributed by atoms with van der Waals surface area (Å²) in [6.45, 7) is 30.0. The highest BCUT2D eigenvalue weighted by molar-refractivity contribution is 5.93. The van der Waals surface area contributed by atoms with Gasteiger partial charge in [-0.25, -0.2) is 0 Å². The summed E-state index contributed by atoms with van der Waals surface area (Å²) in [5.74, 6) is 0. The highest BCUT2D eigenvalue weighted by Gasteiger charge is 2.08. The predicted octanol–water partition coefficient (Wildman–Crippen LogP) is 7.70. The van der Waals surface area contributed by atoms with Gasteiger partial charge in [-0.05, 0) is 77.9 Å². The first-order valence-electron chi connectivity index (χ1n) is 9.71. The number of rotatable bonds is 2. The van der Waals surface area contributed by atoms with E-state index >= 15 is 0 Å². The van der Waals surface area contributed by atoms with Gasteiger partial charge < -0.3 is 0 Å². The average Bonchev–Trinajstić information content (AvgIpc) is 2.29. The van der Waals surface area contributed by atoms with Crippen LogP contribution in [0.25, 0.3) is 0 Å². The van der Waals surface area contributed by atoms with Crippen molar-refractivity contribution < 1.29 is 0 Å². The summed E-state index contributed by atoms with van der Waals surface area (Å²) < 4.78 is 0. The van der Waals surface area contributed by atoms with Crippen molar-refractivity contribution in [2.75, 3.05) is 0 Å². The van der Waals surface area contributed by atoms with Crippen LogP contribution in [-0.2, 0) is 0 Å². The van der Waals surface area contributed by atoms with Crippen LogP contribution in [-0.4, -0.2) is 23.0 Å². The minimum Gasteiger partial charge on any atom is -0.287 e. The van der Waals surface area contributed by atoms with E-state index in [1.165, 1.54) is 5.57 Å². The molecule has 26 heavy (non-hydrogen) atoms. The Labute approximate surface area is 165 Å². The molecule has 0 radical (unpaired) electrons. The molecule has 0 spiro atoms. The standard InChI is InChI=1S/2C12H23N/c1-10(8-11(2,3)4)9-13-12(5,6)7;1-10(13-12(5,6)7)8-9-11(2,3)4/h2*8-9H,1-7H3/b10-8-,13-9?;9-8-,13-10?. The Morgan fingerprint density at radius 3 is 1.42 bits per heavy atom. The molecule has 0 aliphatic heterocycles. The molecule has 152 valence electrons. The topological polar surface area (TPSA) is 24.7 Å². The zero-order valence-corrected chi connectivity index (χ0v) is 20.2. The molecule has 0 atom stereocenters. The maximum atomic E-state index is 4.54. The summed E-state index contributed by atoms with van der Waals surface area (Å²) in [6.07, 6.45) is 8.50. The lowest BCUT2D eigenvalue weighted by Crippen LogP contribution is -2.12. The highest BCUT2D eigenvalue weighted by Crippen LogP contribution is 2.17. The average molecular weight is 363 g/mol. The Balaban J connectivity index is 0. The second kappa shape index (κ2) is 10.2. The Bertz CT molecular complexity index is 467. The van der Waals surface area contributed by atoms with Gasteiger partial charge in [0.25, 0.3) is 0 Å². The summed E-state index contributed by atoms with van der Waals surface area (Å²) in [6, 6.07) is 0. The van der Waals surface area contributed by atoms with Gasteiger partial charge in [-0.15, -0.1) is 0 Å². The van der Waals surface area contributed by atoms with Crippen molar-refractivity contribution >= 4 is 11.9 Å². The third-order valence-corrected chi connectivity index (χ3v) is 2.65. The summed E-state index contributed by atoms with van der Waals surface area (Å²) >= 11 is 0. The fourth-order valence-electron chi connectivity index (χ4n) is 1.95. The van der Waals surface area contributed by atoms with Crippen molar-refractivity contribution in [1.29, 1.82) is 0 Å². The Morgan fingerprint density at radius 2 is 1.12 bits per heavy atom. The molecule has 0 aromatic heterocycles. The number of hydrogen-bond donors (Lipinski definition) is 0. The molecule has 0 aliphatic rings. The largest absolute Gasteiger partial charge is 0.287 e. The van der Waals surface area contributed by atoms with Crippen molar-refractivity contribution in [1.82, 2.24) is 0 Å². The van der Waals surface area contributed by atoms with Gasteiger partial charge in [0.05, 0.1) is 11.1 Å². The van der Waals surface area contributed by atoms with Gasteiger partial charge in [-0.2, -0.15) is 0 Å². The fourth-order valence-corrected chi connectivity index (χ4v) is 1.95. The van der Waals surface area contributed by atoms with Crippen molar-refractivity contribution in [3.8, 4) is 0 Å². The molecule has 0 fully saturated rings. The van der Waals surface area contributed by atoms with E-state index in [1.807, 2.05) is 13.1 Å². The molecule has 0 saturated heterocycles. The van der Waals surface area contributed by atoms with E-state index < -0.39 is 0 Å². The maximum absolute atomic E-state index is 4.54. The molecule has 0 unspecified atom stereocenters. The molecule has 0 bridgehead atoms. The summed E-state index contributed by atoms with van der Waals surface area (Å²) in [5, 5.41) is 0. The van der Waals surface area contributed by atoms with Gasteiger partial charge in [0.15, 0.2) is 0 Å². The smallest absolute Gasteiger partial charge is 0.0527 e. The van der Waals surface area contributed by atoms with Crippen LogP contribution in [0.5, 0.6) is 0 Å². The number of allylic oxidation sites excluding steroid dienone is 4. The SMILES string of the molecule is C/C(C=NC(C)(C)C)=C/C(C)(C)C.CC(/C=C\C(C)(C)C)=NC(C)(C)C. The molecule has 0 aliphatic carbocycles. The second-order valence-electron chi connectivity index (χ2n) is 11.3. The minimum atomic E-state index is 0.0340. The molecule has 0 heterocycles. The van der Waals surface area contributed by atoms with Crippen molar-refractivity contribution in [2.24, 2.45) is 20.8 Å². The van der Waals surface area contributed by atoms with E-state index in [1.54, 1.807) is 0 Å². The molecule has 0 N–H and O–H groups in total. The van der Waals surface area contributed by atoms with Gasteiger partial charge in [-0.1, -0.05) is 53.7 Å². The fraction of sp³-hybridized carbons (Fsp3) is 0.750. The number of hydrogen-bond acceptors (Lipinski definition) is 2. The lowest BCUT2D eigenvalue weighted by molar-refractivity contribution is 0.541. The molecular formula is C24H46N2. The highest BCUT2D eigenvalue weighted by atomic mass is 14.8. The Kier molecular flexibility index (Phi) is 10.6. The molecule has 0 rings (SSSR count). The monoisotopic (exact) mass is 362 g/mol. The lowest BCUT2D eigenvalue weighted by atomic mass is 9.94. The molecule has 2 heteroatoms. The molecule has 0 saturated carbocycles. The number of nitrogens with zero attached hydrogens (tertiary/aromatic N) is 2. The van der Waals surface area contributed by atoms with Gasteiger partial charge in [0, 0.05) is 11.9 Å². The van der Waals surface area contributed by atoms with E-state index in [4.69, 9.17) is 0 Å². The predicted molar refractivity (Wildman–Crippen MR) is 123 cm³/mol. The van der Waals surface area contributed by atoms with Crippen LogP contribution in [0.15, 0.2) is 33.8 Å². The van der Waals surface area contributed by atoms with Crippen LogP contribution < -0.4 is 0 Å². The zero-order valence-electron chi connectivity index (χ0n) is 20.2. The van der Waals surface area contributed by atoms with Crippen molar-refractivity contribution in [2.45, 2.75) is 108 Å². The van der Waals surface area contributed by atoms with Crippen LogP contribution >= 0.6 is 0 Å². The minimum absolute atomic E-state index is 0.0340. The number of aliphatic imine (C=N–C) groups is 2. The van der Waals surface area contributed by atoms with Gasteiger partial charge in [0.2, 0.25) is 0 Å². The Morgan fingerprint density at radius 1 is 0.654 bits per heavy atom. The molecular weight excluding hydrogens is 316 g/mol. The molecule has 0 aromatic carbocycles. The van der Waals surface area contributed by atoms with E-state index in [9.17, 15) is 0 Å². The zero-order chi connectivity index (χ0) is 21.4. The van der Waals surface area contributed by atoms with Gasteiger partial charge in [-0.3, -0.25) is 9.98 Å². The summed E-state index contributed by atoms with van der Waals surface area (Å²) in [5.41, 5.74) is 2.90. The first-order chi connectivity index (χ1) is 11.2. The molecule has 2 nitrogen and oxygen atoms in total.